The van der Waals surface area contributed by atoms with E-state index in [1.165, 1.54) is 0 Å². The maximum absolute atomic E-state index is 10.5. The van der Waals surface area contributed by atoms with Gasteiger partial charge in [0.15, 0.2) is 0 Å². The summed E-state index contributed by atoms with van der Waals surface area (Å²) in [5.74, 6) is -0.113. The lowest BCUT2D eigenvalue weighted by atomic mass is 10.4. The van der Waals surface area contributed by atoms with E-state index in [1.54, 1.807) is 18.5 Å². The van der Waals surface area contributed by atoms with Gasteiger partial charge >= 0.3 is 0 Å². The first-order chi connectivity index (χ1) is 4.58. The Morgan fingerprint density at radius 1 is 1.60 bits per heavy atom. The number of nitrogens with one attached hydrogen (secondary N) is 1. The first-order valence-corrected chi connectivity index (χ1v) is 5.10. The SMILES string of the molecule is O=S(=O)(Cl)Cc1cc[nH]c1. The minimum Gasteiger partial charge on any atom is -0.367 e. The Kier molecular flexibility index (Phi) is 2.01. The Balaban J connectivity index is 2.75. The van der Waals surface area contributed by atoms with Crippen LogP contribution >= 0.6 is 10.7 Å². The quantitative estimate of drug-likeness (QED) is 0.691. The van der Waals surface area contributed by atoms with Crippen LogP contribution in [0, 0.1) is 0 Å². The van der Waals surface area contributed by atoms with Crippen molar-refractivity contribution in [2.24, 2.45) is 0 Å². The summed E-state index contributed by atoms with van der Waals surface area (Å²) in [6.45, 7) is 0. The Morgan fingerprint density at radius 2 is 2.30 bits per heavy atom. The van der Waals surface area contributed by atoms with E-state index in [0.29, 0.717) is 5.56 Å². The Morgan fingerprint density at radius 3 is 2.70 bits per heavy atom. The fourth-order valence-electron chi connectivity index (χ4n) is 0.647. The molecule has 0 unspecified atom stereocenters. The molecule has 5 heteroatoms. The van der Waals surface area contributed by atoms with Crippen LogP contribution in [0.15, 0.2) is 18.5 Å². The highest BCUT2D eigenvalue weighted by atomic mass is 35.7. The van der Waals surface area contributed by atoms with Gasteiger partial charge in [-0.2, -0.15) is 0 Å². The van der Waals surface area contributed by atoms with E-state index in [0.717, 1.165) is 0 Å². The minimum absolute atomic E-state index is 0.113. The molecule has 1 rings (SSSR count). The summed E-state index contributed by atoms with van der Waals surface area (Å²) in [5.41, 5.74) is 0.676. The largest absolute Gasteiger partial charge is 0.367 e. The number of aromatic amines is 1. The lowest BCUT2D eigenvalue weighted by Crippen LogP contribution is -1.92. The summed E-state index contributed by atoms with van der Waals surface area (Å²) in [5, 5.41) is 0. The van der Waals surface area contributed by atoms with Crippen molar-refractivity contribution in [3.63, 3.8) is 0 Å². The van der Waals surface area contributed by atoms with Gasteiger partial charge in [0.1, 0.15) is 0 Å². The van der Waals surface area contributed by atoms with E-state index in [9.17, 15) is 8.42 Å². The number of rotatable bonds is 2. The second-order valence-corrected chi connectivity index (χ2v) is 4.68. The maximum atomic E-state index is 10.5. The molecule has 0 aliphatic heterocycles. The van der Waals surface area contributed by atoms with Crippen LogP contribution in [0.25, 0.3) is 0 Å². The van der Waals surface area contributed by atoms with E-state index in [-0.39, 0.29) is 5.75 Å². The molecule has 1 heterocycles. The number of hydrogen-bond acceptors (Lipinski definition) is 2. The van der Waals surface area contributed by atoms with Gasteiger partial charge < -0.3 is 4.98 Å². The van der Waals surface area contributed by atoms with Crippen molar-refractivity contribution in [2.45, 2.75) is 5.75 Å². The normalized spacial score (nSPS) is 11.7. The average Bonchev–Trinajstić information content (AvgIpc) is 2.12. The lowest BCUT2D eigenvalue weighted by Gasteiger charge is -1.88. The van der Waals surface area contributed by atoms with E-state index >= 15 is 0 Å². The Labute approximate surface area is 63.4 Å². The molecule has 56 valence electrons. The molecule has 0 bridgehead atoms. The molecule has 0 aliphatic rings. The van der Waals surface area contributed by atoms with Gasteiger partial charge in [0.2, 0.25) is 9.05 Å². The first-order valence-electron chi connectivity index (χ1n) is 2.62. The highest BCUT2D eigenvalue weighted by Gasteiger charge is 2.05. The molecule has 0 saturated heterocycles. The number of aromatic nitrogens is 1. The molecular formula is C5H6ClNO2S. The molecule has 10 heavy (non-hydrogen) atoms. The van der Waals surface area contributed by atoms with Crippen LogP contribution in [-0.4, -0.2) is 13.4 Å². The van der Waals surface area contributed by atoms with Crippen LogP contribution in [0.1, 0.15) is 5.56 Å². The van der Waals surface area contributed by atoms with Crippen molar-refractivity contribution in [3.05, 3.63) is 24.0 Å². The van der Waals surface area contributed by atoms with Gasteiger partial charge in [-0.3, -0.25) is 0 Å². The summed E-state index contributed by atoms with van der Waals surface area (Å²) in [6, 6.07) is 1.67. The molecule has 3 nitrogen and oxygen atoms in total. The van der Waals surface area contributed by atoms with Crippen molar-refractivity contribution in [1.29, 1.82) is 0 Å². The minimum atomic E-state index is -3.39. The summed E-state index contributed by atoms with van der Waals surface area (Å²) in [4.78, 5) is 2.73. The van der Waals surface area contributed by atoms with Crippen molar-refractivity contribution < 1.29 is 8.42 Å². The molecule has 0 aliphatic carbocycles. The molecule has 0 saturated carbocycles. The van der Waals surface area contributed by atoms with Crippen molar-refractivity contribution >= 4 is 19.7 Å². The van der Waals surface area contributed by atoms with Crippen LogP contribution in [0.3, 0.4) is 0 Å². The fourth-order valence-corrected chi connectivity index (χ4v) is 1.60. The molecule has 1 N–H and O–H groups in total. The molecule has 1 aromatic heterocycles. The third kappa shape index (κ3) is 2.41. The Hall–Kier alpha value is -0.480. The molecule has 0 spiro atoms. The van der Waals surface area contributed by atoms with E-state index in [4.69, 9.17) is 10.7 Å². The van der Waals surface area contributed by atoms with Crippen LogP contribution in [-0.2, 0) is 14.8 Å². The summed E-state index contributed by atoms with van der Waals surface area (Å²) < 4.78 is 20.9. The van der Waals surface area contributed by atoms with Gasteiger partial charge in [-0.25, -0.2) is 8.42 Å². The molecule has 0 fully saturated rings. The fraction of sp³-hybridized carbons (Fsp3) is 0.200. The third-order valence-electron chi connectivity index (χ3n) is 1.00. The Bertz CT molecular complexity index is 289. The van der Waals surface area contributed by atoms with Gasteiger partial charge in [-0.15, -0.1) is 0 Å². The lowest BCUT2D eigenvalue weighted by molar-refractivity contribution is 0.609. The second-order valence-electron chi connectivity index (χ2n) is 1.90. The summed E-state index contributed by atoms with van der Waals surface area (Å²) in [7, 11) is 1.59. The molecular weight excluding hydrogens is 174 g/mol. The van der Waals surface area contributed by atoms with Gasteiger partial charge in [-0.05, 0) is 11.6 Å². The maximum Gasteiger partial charge on any atom is 0.236 e. The zero-order chi connectivity index (χ0) is 7.61. The summed E-state index contributed by atoms with van der Waals surface area (Å²) >= 11 is 0. The molecule has 0 aromatic carbocycles. The molecule has 0 radical (unpaired) electrons. The highest BCUT2D eigenvalue weighted by Crippen LogP contribution is 2.07. The topological polar surface area (TPSA) is 49.9 Å². The van der Waals surface area contributed by atoms with Crippen LogP contribution in [0.4, 0.5) is 0 Å². The van der Waals surface area contributed by atoms with Crippen molar-refractivity contribution in [1.82, 2.24) is 4.98 Å². The number of H-pyrrole nitrogens is 1. The van der Waals surface area contributed by atoms with Crippen LogP contribution < -0.4 is 0 Å². The zero-order valence-corrected chi connectivity index (χ0v) is 6.61. The molecule has 0 atom stereocenters. The highest BCUT2D eigenvalue weighted by molar-refractivity contribution is 8.13. The standard InChI is InChI=1S/C5H6ClNO2S/c6-10(8,9)4-5-1-2-7-3-5/h1-3,7H,4H2. The number of hydrogen-bond donors (Lipinski definition) is 1. The van der Waals surface area contributed by atoms with Gasteiger partial charge in [0.05, 0.1) is 5.75 Å². The predicted molar refractivity (Wildman–Crippen MR) is 39.3 cm³/mol. The van der Waals surface area contributed by atoms with Gasteiger partial charge in [0.25, 0.3) is 0 Å². The third-order valence-corrected chi connectivity index (χ3v) is 2.01. The van der Waals surface area contributed by atoms with Crippen LogP contribution in [0.5, 0.6) is 0 Å². The van der Waals surface area contributed by atoms with E-state index in [1.807, 2.05) is 0 Å². The van der Waals surface area contributed by atoms with E-state index in [2.05, 4.69) is 4.98 Å². The number of halogens is 1. The monoisotopic (exact) mass is 179 g/mol. The second kappa shape index (κ2) is 2.64. The smallest absolute Gasteiger partial charge is 0.236 e. The summed E-state index contributed by atoms with van der Waals surface area (Å²) in [6.07, 6.45) is 3.25. The predicted octanol–water partition coefficient (Wildman–Crippen LogP) is 1.08. The average molecular weight is 180 g/mol. The van der Waals surface area contributed by atoms with E-state index < -0.39 is 9.05 Å². The van der Waals surface area contributed by atoms with Crippen molar-refractivity contribution in [2.75, 3.05) is 0 Å². The molecule has 1 aromatic rings. The first kappa shape index (κ1) is 7.63. The molecule has 0 amide bonds. The zero-order valence-electron chi connectivity index (χ0n) is 5.04. The van der Waals surface area contributed by atoms with Gasteiger partial charge in [-0.1, -0.05) is 0 Å². The van der Waals surface area contributed by atoms with Gasteiger partial charge in [0, 0.05) is 23.1 Å². The van der Waals surface area contributed by atoms with Crippen LogP contribution in [0.2, 0.25) is 0 Å². The van der Waals surface area contributed by atoms with Crippen molar-refractivity contribution in [3.8, 4) is 0 Å².